The monoisotopic (exact) mass is 488 g/mol. The van der Waals surface area contributed by atoms with Gasteiger partial charge in [-0.05, 0) is 87.3 Å². The highest BCUT2D eigenvalue weighted by Gasteiger charge is 2.53. The van der Waals surface area contributed by atoms with Crippen molar-refractivity contribution in [1.29, 1.82) is 0 Å². The molecular formula is C28H41FN2O4. The summed E-state index contributed by atoms with van der Waals surface area (Å²) in [6.07, 6.45) is 10.8. The van der Waals surface area contributed by atoms with Crippen LogP contribution in [0.25, 0.3) is 0 Å². The first-order valence-corrected chi connectivity index (χ1v) is 13.2. The molecule has 1 amide bonds. The molecule has 4 aliphatic rings. The molecule has 1 aromatic rings. The molecule has 0 heterocycles. The predicted octanol–water partition coefficient (Wildman–Crippen LogP) is 4.56. The minimum atomic E-state index is -0.200. The van der Waals surface area contributed by atoms with Crippen LogP contribution < -0.4 is 15.8 Å². The Morgan fingerprint density at radius 1 is 1.06 bits per heavy atom. The van der Waals surface area contributed by atoms with Gasteiger partial charge in [0.2, 0.25) is 5.91 Å². The Morgan fingerprint density at radius 2 is 1.71 bits per heavy atom. The molecule has 4 aliphatic carbocycles. The first kappa shape index (κ1) is 26.1. The highest BCUT2D eigenvalue weighted by Crippen LogP contribution is 2.58. The van der Waals surface area contributed by atoms with Gasteiger partial charge in [-0.1, -0.05) is 12.1 Å². The van der Waals surface area contributed by atoms with Crippen LogP contribution in [0.5, 0.6) is 5.75 Å². The first-order chi connectivity index (χ1) is 17.0. The molecule has 4 saturated carbocycles. The second-order valence-electron chi connectivity index (χ2n) is 10.7. The van der Waals surface area contributed by atoms with Crippen LogP contribution in [0.3, 0.4) is 0 Å². The standard InChI is InChI=1S/C28H41FN2O4/c1-33-16-17-34-24-8-4-23(5-9-24)31-26(32)28-13-10-27(11-14-28,12-15-28)22-2-6-25(7-3-22)35-20-21(18-29)19-30/h2-3,6-7,18,23-24H,4-5,8-17,19-20,30H2,1H3,(H,31,32)/b21-18+/t23-,24+,27?,28?. The average molecular weight is 489 g/mol. The second-order valence-corrected chi connectivity index (χ2v) is 10.7. The molecule has 1 aromatic carbocycles. The maximum absolute atomic E-state index is 13.4. The van der Waals surface area contributed by atoms with Crippen LogP contribution in [-0.4, -0.2) is 51.5 Å². The van der Waals surface area contributed by atoms with Gasteiger partial charge >= 0.3 is 0 Å². The molecule has 0 aromatic heterocycles. The molecule has 2 bridgehead atoms. The molecule has 0 spiro atoms. The van der Waals surface area contributed by atoms with E-state index in [1.807, 2.05) is 12.1 Å². The molecule has 0 radical (unpaired) electrons. The lowest BCUT2D eigenvalue weighted by Crippen LogP contribution is -2.54. The van der Waals surface area contributed by atoms with Crippen molar-refractivity contribution in [2.75, 3.05) is 33.5 Å². The second kappa shape index (κ2) is 11.8. The fourth-order valence-electron chi connectivity index (χ4n) is 6.19. The summed E-state index contributed by atoms with van der Waals surface area (Å²) in [5.41, 5.74) is 7.21. The van der Waals surface area contributed by atoms with Crippen molar-refractivity contribution >= 4 is 5.91 Å². The summed E-state index contributed by atoms with van der Waals surface area (Å²) >= 11 is 0. The Morgan fingerprint density at radius 3 is 2.29 bits per heavy atom. The van der Waals surface area contributed by atoms with E-state index in [1.54, 1.807) is 7.11 Å². The third kappa shape index (κ3) is 6.07. The highest BCUT2D eigenvalue weighted by atomic mass is 19.1. The average Bonchev–Trinajstić information content (AvgIpc) is 2.92. The summed E-state index contributed by atoms with van der Waals surface area (Å²) < 4.78 is 29.3. The molecule has 0 saturated heterocycles. The van der Waals surface area contributed by atoms with Gasteiger partial charge in [-0.2, -0.15) is 0 Å². The number of nitrogens with one attached hydrogen (secondary N) is 1. The van der Waals surface area contributed by atoms with Gasteiger partial charge in [0.05, 0.1) is 25.6 Å². The number of nitrogens with two attached hydrogens (primary N) is 1. The number of halogens is 1. The van der Waals surface area contributed by atoms with Crippen LogP contribution >= 0.6 is 0 Å². The van der Waals surface area contributed by atoms with E-state index < -0.39 is 0 Å². The van der Waals surface area contributed by atoms with Crippen LogP contribution in [0.15, 0.2) is 36.2 Å². The Labute approximate surface area is 208 Å². The van der Waals surface area contributed by atoms with Crippen LogP contribution in [0.2, 0.25) is 0 Å². The summed E-state index contributed by atoms with van der Waals surface area (Å²) in [6.45, 7) is 1.59. The van der Waals surface area contributed by atoms with Gasteiger partial charge in [0, 0.05) is 30.7 Å². The number of benzene rings is 1. The van der Waals surface area contributed by atoms with E-state index >= 15 is 0 Å². The lowest BCUT2D eigenvalue weighted by atomic mass is 9.51. The smallest absolute Gasteiger partial charge is 0.226 e. The summed E-state index contributed by atoms with van der Waals surface area (Å²) in [6, 6.07) is 8.49. The lowest BCUT2D eigenvalue weighted by Gasteiger charge is -2.53. The zero-order valence-corrected chi connectivity index (χ0v) is 21.0. The van der Waals surface area contributed by atoms with Gasteiger partial charge in [0.25, 0.3) is 0 Å². The van der Waals surface area contributed by atoms with Gasteiger partial charge in [-0.15, -0.1) is 0 Å². The zero-order chi connectivity index (χ0) is 24.7. The topological polar surface area (TPSA) is 82.8 Å². The summed E-state index contributed by atoms with van der Waals surface area (Å²) in [5.74, 6) is 0.993. The normalized spacial score (nSPS) is 30.8. The number of hydrogen-bond acceptors (Lipinski definition) is 5. The Bertz CT molecular complexity index is 840. The third-order valence-corrected chi connectivity index (χ3v) is 8.69. The van der Waals surface area contributed by atoms with Crippen molar-refractivity contribution in [3.05, 3.63) is 41.7 Å². The summed E-state index contributed by atoms with van der Waals surface area (Å²) in [4.78, 5) is 13.4. The van der Waals surface area contributed by atoms with Gasteiger partial charge in [-0.25, -0.2) is 4.39 Å². The fraction of sp³-hybridized carbons (Fsp3) is 0.679. The molecule has 194 valence electrons. The number of amides is 1. The predicted molar refractivity (Wildman–Crippen MR) is 134 cm³/mol. The minimum Gasteiger partial charge on any atom is -0.489 e. The van der Waals surface area contributed by atoms with E-state index in [1.165, 1.54) is 5.56 Å². The molecule has 3 N–H and O–H groups in total. The Balaban J connectivity index is 1.26. The van der Waals surface area contributed by atoms with E-state index in [4.69, 9.17) is 19.9 Å². The molecule has 5 rings (SSSR count). The van der Waals surface area contributed by atoms with Crippen LogP contribution in [-0.2, 0) is 19.7 Å². The minimum absolute atomic E-state index is 0.150. The van der Waals surface area contributed by atoms with Crippen LogP contribution in [0, 0.1) is 5.41 Å². The fourth-order valence-corrected chi connectivity index (χ4v) is 6.19. The quantitative estimate of drug-likeness (QED) is 0.446. The number of carbonyl (C=O) groups excluding carboxylic acids is 1. The number of rotatable bonds is 11. The molecular weight excluding hydrogens is 447 g/mol. The molecule has 4 fully saturated rings. The van der Waals surface area contributed by atoms with E-state index in [0.29, 0.717) is 31.2 Å². The largest absolute Gasteiger partial charge is 0.489 e. The summed E-state index contributed by atoms with van der Waals surface area (Å²) in [7, 11) is 1.69. The maximum atomic E-state index is 13.4. The maximum Gasteiger partial charge on any atom is 0.226 e. The van der Waals surface area contributed by atoms with Crippen molar-refractivity contribution in [3.8, 4) is 5.75 Å². The van der Waals surface area contributed by atoms with Gasteiger partial charge < -0.3 is 25.3 Å². The highest BCUT2D eigenvalue weighted by molar-refractivity contribution is 5.83. The van der Waals surface area contributed by atoms with E-state index in [0.717, 1.165) is 70.0 Å². The number of ether oxygens (including phenoxy) is 3. The van der Waals surface area contributed by atoms with Crippen molar-refractivity contribution < 1.29 is 23.4 Å². The number of fused-ring (bicyclic) bond motifs is 3. The zero-order valence-electron chi connectivity index (χ0n) is 21.0. The van der Waals surface area contributed by atoms with Crippen LogP contribution in [0.4, 0.5) is 4.39 Å². The molecule has 0 unspecified atom stereocenters. The third-order valence-electron chi connectivity index (χ3n) is 8.69. The SMILES string of the molecule is COCCO[C@H]1CC[C@@H](NC(=O)C23CCC(c4ccc(OC/C(=C/F)CN)cc4)(CC2)CC3)CC1. The van der Waals surface area contributed by atoms with E-state index in [2.05, 4.69) is 17.4 Å². The number of carbonyl (C=O) groups is 1. The molecule has 0 aliphatic heterocycles. The Kier molecular flexibility index (Phi) is 8.84. The van der Waals surface area contributed by atoms with Crippen molar-refractivity contribution in [1.82, 2.24) is 5.32 Å². The van der Waals surface area contributed by atoms with Gasteiger partial charge in [0.1, 0.15) is 12.4 Å². The molecule has 7 heteroatoms. The van der Waals surface area contributed by atoms with Gasteiger partial charge in [-0.3, -0.25) is 4.79 Å². The van der Waals surface area contributed by atoms with Crippen molar-refractivity contribution in [3.63, 3.8) is 0 Å². The van der Waals surface area contributed by atoms with Gasteiger partial charge in [0.15, 0.2) is 0 Å². The van der Waals surface area contributed by atoms with Crippen molar-refractivity contribution in [2.24, 2.45) is 11.1 Å². The molecule has 0 atom stereocenters. The molecule has 6 nitrogen and oxygen atoms in total. The summed E-state index contributed by atoms with van der Waals surface area (Å²) in [5, 5.41) is 3.41. The van der Waals surface area contributed by atoms with Crippen LogP contribution in [0.1, 0.15) is 69.8 Å². The number of methoxy groups -OCH3 is 1. The number of hydrogen-bond donors (Lipinski definition) is 2. The van der Waals surface area contributed by atoms with E-state index in [9.17, 15) is 9.18 Å². The van der Waals surface area contributed by atoms with Crippen molar-refractivity contribution in [2.45, 2.75) is 81.8 Å². The first-order valence-electron chi connectivity index (χ1n) is 13.2. The van der Waals surface area contributed by atoms with E-state index in [-0.39, 0.29) is 35.9 Å². The lowest BCUT2D eigenvalue weighted by molar-refractivity contribution is -0.139. The molecule has 35 heavy (non-hydrogen) atoms. The Hall–Kier alpha value is -1.96.